The van der Waals surface area contributed by atoms with E-state index in [1.807, 2.05) is 13.0 Å². The third kappa shape index (κ3) is 5.26. The molecule has 0 amide bonds. The molecule has 0 saturated heterocycles. The van der Waals surface area contributed by atoms with E-state index in [4.69, 9.17) is 9.79 Å². The molecule has 2 aromatic carbocycles. The lowest BCUT2D eigenvalue weighted by atomic mass is 9.92. The minimum Gasteiger partial charge on any atom is -0.508 e. The molecule has 24 heavy (non-hydrogen) atoms. The van der Waals surface area contributed by atoms with Gasteiger partial charge in [0.1, 0.15) is 11.5 Å². The Labute approximate surface area is 143 Å². The van der Waals surface area contributed by atoms with Crippen molar-refractivity contribution in [2.45, 2.75) is 30.3 Å². The van der Waals surface area contributed by atoms with E-state index in [1.165, 1.54) is 18.2 Å². The molecule has 0 aliphatic carbocycles. The van der Waals surface area contributed by atoms with Crippen LogP contribution in [-0.4, -0.2) is 25.1 Å². The normalized spacial score (nSPS) is 14.3. The van der Waals surface area contributed by atoms with E-state index in [-0.39, 0.29) is 22.3 Å². The Bertz CT molecular complexity index is 760. The summed E-state index contributed by atoms with van der Waals surface area (Å²) in [5, 5.41) is 29.5. The van der Waals surface area contributed by atoms with E-state index in [1.54, 1.807) is 18.2 Å². The average molecular weight is 370 g/mol. The second kappa shape index (κ2) is 7.59. The van der Waals surface area contributed by atoms with Gasteiger partial charge in [0.05, 0.1) is 6.10 Å². The zero-order valence-electron chi connectivity index (χ0n) is 12.9. The molecule has 0 aliphatic rings. The van der Waals surface area contributed by atoms with Gasteiger partial charge in [-0.25, -0.2) is 4.57 Å². The van der Waals surface area contributed by atoms with Gasteiger partial charge in [0.15, 0.2) is 0 Å². The van der Waals surface area contributed by atoms with E-state index >= 15 is 0 Å². The number of phenols is 2. The van der Waals surface area contributed by atoms with Crippen molar-refractivity contribution >= 4 is 18.2 Å². The first-order valence-corrected chi connectivity index (χ1v) is 10.2. The fraction of sp³-hybridized carbons (Fsp3) is 0.250. The summed E-state index contributed by atoms with van der Waals surface area (Å²) in [7, 11) is 0. The van der Waals surface area contributed by atoms with Gasteiger partial charge in [0, 0.05) is 4.90 Å². The van der Waals surface area contributed by atoms with Crippen LogP contribution in [0.25, 0.3) is 0 Å². The van der Waals surface area contributed by atoms with Crippen molar-refractivity contribution in [3.05, 3.63) is 53.6 Å². The first-order chi connectivity index (χ1) is 11.2. The first-order valence-electron chi connectivity index (χ1n) is 7.21. The predicted octanol–water partition coefficient (Wildman–Crippen LogP) is 3.51. The molecule has 2 rings (SSSR count). The van der Waals surface area contributed by atoms with E-state index < -0.39 is 12.9 Å². The molecule has 2 atom stereocenters. The lowest BCUT2D eigenvalue weighted by Crippen LogP contribution is -2.05. The molecule has 0 saturated carbocycles. The van der Waals surface area contributed by atoms with Crippen LogP contribution in [0.1, 0.15) is 36.5 Å². The highest BCUT2D eigenvalue weighted by Gasteiger charge is 2.23. The minimum atomic E-state index is -4.41. The van der Waals surface area contributed by atoms with Crippen molar-refractivity contribution in [3.63, 3.8) is 0 Å². The van der Waals surface area contributed by atoms with Crippen molar-refractivity contribution in [3.8, 4) is 11.5 Å². The standard InChI is InChI=1S/C16H19O6PS/c1-10(11-3-2-4-12(17)8-11)7-15(19)14-6-5-13(18)9-16(14)24-23(20,21)22/h2-6,8-10,15,17-19H,7H2,1H3,(H2,20,21,22). The van der Waals surface area contributed by atoms with Crippen molar-refractivity contribution in [1.82, 2.24) is 0 Å². The number of hydrogen-bond acceptors (Lipinski definition) is 5. The number of hydrogen-bond donors (Lipinski definition) is 5. The number of aliphatic hydroxyl groups is 1. The summed E-state index contributed by atoms with van der Waals surface area (Å²) < 4.78 is 11.2. The Morgan fingerprint density at radius 3 is 2.38 bits per heavy atom. The van der Waals surface area contributed by atoms with Crippen LogP contribution in [0.4, 0.5) is 0 Å². The van der Waals surface area contributed by atoms with Gasteiger partial charge in [0.2, 0.25) is 0 Å². The summed E-state index contributed by atoms with van der Waals surface area (Å²) in [4.78, 5) is 18.4. The highest BCUT2D eigenvalue weighted by Crippen LogP contribution is 2.56. The Kier molecular flexibility index (Phi) is 5.96. The van der Waals surface area contributed by atoms with Crippen LogP contribution < -0.4 is 0 Å². The molecule has 6 nitrogen and oxygen atoms in total. The maximum Gasteiger partial charge on any atom is 0.388 e. The van der Waals surface area contributed by atoms with Crippen LogP contribution in [0.5, 0.6) is 11.5 Å². The quantitative estimate of drug-likeness (QED) is 0.494. The van der Waals surface area contributed by atoms with Gasteiger partial charge in [0.25, 0.3) is 0 Å². The molecule has 0 spiro atoms. The molecule has 2 unspecified atom stereocenters. The number of phenolic OH excluding ortho intramolecular Hbond substituents is 2. The van der Waals surface area contributed by atoms with Crippen LogP contribution in [0.15, 0.2) is 47.4 Å². The average Bonchev–Trinajstić information content (AvgIpc) is 2.45. The SMILES string of the molecule is CC(CC(O)c1ccc(O)cc1SP(=O)(O)O)c1cccc(O)c1. The zero-order chi connectivity index (χ0) is 17.9. The molecule has 5 N–H and O–H groups in total. The van der Waals surface area contributed by atoms with E-state index in [0.717, 1.165) is 5.56 Å². The molecule has 0 fully saturated rings. The number of rotatable bonds is 6. The molecule has 8 heteroatoms. The van der Waals surface area contributed by atoms with Gasteiger partial charge in [-0.15, -0.1) is 0 Å². The molecule has 2 aromatic rings. The molecule has 0 radical (unpaired) electrons. The summed E-state index contributed by atoms with van der Waals surface area (Å²) in [5.41, 5.74) is 1.19. The molecule has 0 aromatic heterocycles. The van der Waals surface area contributed by atoms with Crippen molar-refractivity contribution in [1.29, 1.82) is 0 Å². The largest absolute Gasteiger partial charge is 0.508 e. The molecular weight excluding hydrogens is 351 g/mol. The van der Waals surface area contributed by atoms with Gasteiger partial charge in [-0.2, -0.15) is 0 Å². The van der Waals surface area contributed by atoms with Crippen LogP contribution in [-0.2, 0) is 4.57 Å². The van der Waals surface area contributed by atoms with Crippen LogP contribution in [0, 0.1) is 0 Å². The summed E-state index contributed by atoms with van der Waals surface area (Å²) >= 11 is 0.302. The van der Waals surface area contributed by atoms with Crippen molar-refractivity contribution in [2.75, 3.05) is 0 Å². The monoisotopic (exact) mass is 370 g/mol. The second-order valence-electron chi connectivity index (χ2n) is 5.55. The number of benzene rings is 2. The van der Waals surface area contributed by atoms with Crippen molar-refractivity contribution < 1.29 is 29.7 Å². The first kappa shape index (κ1) is 18.8. The Balaban J connectivity index is 2.23. The lowest BCUT2D eigenvalue weighted by Gasteiger charge is -2.20. The molecule has 0 bridgehead atoms. The third-order valence-electron chi connectivity index (χ3n) is 3.59. The topological polar surface area (TPSA) is 118 Å². The fourth-order valence-electron chi connectivity index (χ4n) is 2.43. The number of aromatic hydroxyl groups is 2. The Morgan fingerprint density at radius 2 is 1.75 bits per heavy atom. The number of aliphatic hydroxyl groups excluding tert-OH is 1. The minimum absolute atomic E-state index is 0.0891. The molecular formula is C16H19O6PS. The third-order valence-corrected chi connectivity index (χ3v) is 5.68. The Hall–Kier alpha value is -1.50. The second-order valence-corrected chi connectivity index (χ2v) is 9.13. The van der Waals surface area contributed by atoms with Gasteiger partial charge < -0.3 is 25.1 Å². The van der Waals surface area contributed by atoms with Gasteiger partial charge in [-0.05, 0) is 59.1 Å². The molecule has 0 heterocycles. The zero-order valence-corrected chi connectivity index (χ0v) is 14.6. The maximum atomic E-state index is 11.2. The van der Waals surface area contributed by atoms with E-state index in [2.05, 4.69) is 0 Å². The molecule has 0 aliphatic heterocycles. The van der Waals surface area contributed by atoms with Gasteiger partial charge in [-0.3, -0.25) is 0 Å². The fourth-order valence-corrected chi connectivity index (χ4v) is 4.42. The van der Waals surface area contributed by atoms with Gasteiger partial charge in [-0.1, -0.05) is 25.1 Å². The Morgan fingerprint density at radius 1 is 1.08 bits per heavy atom. The van der Waals surface area contributed by atoms with Gasteiger partial charge >= 0.3 is 6.80 Å². The molecule has 130 valence electrons. The van der Waals surface area contributed by atoms with Crippen molar-refractivity contribution in [2.24, 2.45) is 0 Å². The predicted molar refractivity (Wildman–Crippen MR) is 92.1 cm³/mol. The summed E-state index contributed by atoms with van der Waals surface area (Å²) in [5.74, 6) is -0.0899. The van der Waals surface area contributed by atoms with Crippen LogP contribution >= 0.6 is 18.2 Å². The summed E-state index contributed by atoms with van der Waals surface area (Å²) in [6.45, 7) is -2.53. The van der Waals surface area contributed by atoms with Crippen LogP contribution in [0.3, 0.4) is 0 Å². The smallest absolute Gasteiger partial charge is 0.388 e. The highest BCUT2D eigenvalue weighted by molar-refractivity contribution is 8.54. The van der Waals surface area contributed by atoms with E-state index in [0.29, 0.717) is 23.4 Å². The van der Waals surface area contributed by atoms with E-state index in [9.17, 15) is 19.9 Å². The lowest BCUT2D eigenvalue weighted by molar-refractivity contribution is 0.157. The highest BCUT2D eigenvalue weighted by atomic mass is 32.7. The van der Waals surface area contributed by atoms with Crippen LogP contribution in [0.2, 0.25) is 0 Å². The maximum absolute atomic E-state index is 11.2. The summed E-state index contributed by atoms with van der Waals surface area (Å²) in [6, 6.07) is 10.7. The summed E-state index contributed by atoms with van der Waals surface area (Å²) in [6.07, 6.45) is -0.680.